The summed E-state index contributed by atoms with van der Waals surface area (Å²) in [5, 5.41) is 1.98. The number of nitrogens with zero attached hydrogens (tertiary/aromatic N) is 2. The van der Waals surface area contributed by atoms with Gasteiger partial charge < -0.3 is 4.90 Å². The van der Waals surface area contributed by atoms with Crippen molar-refractivity contribution in [2.24, 2.45) is 0 Å². The Balaban J connectivity index is 1.99. The Morgan fingerprint density at radius 2 is 1.89 bits per heavy atom. The van der Waals surface area contributed by atoms with Crippen molar-refractivity contribution in [2.45, 2.75) is 6.92 Å². The number of amides is 1. The predicted octanol–water partition coefficient (Wildman–Crippen LogP) is 1.65. The minimum Gasteiger partial charge on any atom is -0.304 e. The Labute approximate surface area is 116 Å². The smallest absolute Gasteiger partial charge is 0.265 e. The van der Waals surface area contributed by atoms with E-state index in [2.05, 4.69) is 33.3 Å². The van der Waals surface area contributed by atoms with E-state index in [0.717, 1.165) is 36.2 Å². The van der Waals surface area contributed by atoms with Gasteiger partial charge in [-0.05, 0) is 37.7 Å². The van der Waals surface area contributed by atoms with Crippen LogP contribution in [0.1, 0.15) is 15.9 Å². The minimum atomic E-state index is -0.0380. The molecule has 18 heavy (non-hydrogen) atoms. The molecule has 1 amide bonds. The van der Waals surface area contributed by atoms with Crippen LogP contribution < -0.4 is 5.43 Å². The zero-order valence-electron chi connectivity index (χ0n) is 10.7. The summed E-state index contributed by atoms with van der Waals surface area (Å²) < 4.78 is 0.936. The van der Waals surface area contributed by atoms with Crippen LogP contribution in [0.5, 0.6) is 0 Å². The van der Waals surface area contributed by atoms with Gasteiger partial charge in [-0.15, -0.1) is 0 Å². The molecule has 1 N–H and O–H groups in total. The van der Waals surface area contributed by atoms with Gasteiger partial charge in [-0.1, -0.05) is 15.9 Å². The van der Waals surface area contributed by atoms with Crippen molar-refractivity contribution < 1.29 is 4.79 Å². The molecular formula is C13H18BrN3O. The molecule has 4 nitrogen and oxygen atoms in total. The molecule has 0 spiro atoms. The van der Waals surface area contributed by atoms with Gasteiger partial charge in [0.1, 0.15) is 0 Å². The van der Waals surface area contributed by atoms with Crippen LogP contribution in [-0.4, -0.2) is 49.0 Å². The van der Waals surface area contributed by atoms with E-state index in [1.165, 1.54) is 0 Å². The first kappa shape index (κ1) is 13.5. The molecule has 0 aliphatic carbocycles. The van der Waals surface area contributed by atoms with Gasteiger partial charge in [-0.25, -0.2) is 5.01 Å². The van der Waals surface area contributed by atoms with E-state index in [0.29, 0.717) is 5.56 Å². The molecule has 1 aliphatic heterocycles. The highest BCUT2D eigenvalue weighted by atomic mass is 79.9. The molecule has 0 saturated carbocycles. The summed E-state index contributed by atoms with van der Waals surface area (Å²) in [5.74, 6) is -0.0380. The second kappa shape index (κ2) is 5.82. The van der Waals surface area contributed by atoms with Crippen LogP contribution in [0.3, 0.4) is 0 Å². The van der Waals surface area contributed by atoms with E-state index in [1.54, 1.807) is 0 Å². The van der Waals surface area contributed by atoms with Crippen LogP contribution >= 0.6 is 15.9 Å². The fourth-order valence-corrected chi connectivity index (χ4v) is 2.60. The number of carbonyl (C=O) groups is 1. The van der Waals surface area contributed by atoms with Gasteiger partial charge in [0.25, 0.3) is 5.91 Å². The third-order valence-corrected chi connectivity index (χ3v) is 3.53. The molecule has 1 aromatic rings. The first-order valence-corrected chi connectivity index (χ1v) is 6.85. The van der Waals surface area contributed by atoms with E-state index in [4.69, 9.17) is 0 Å². The van der Waals surface area contributed by atoms with Crippen molar-refractivity contribution in [1.29, 1.82) is 0 Å². The second-order valence-electron chi connectivity index (χ2n) is 4.75. The van der Waals surface area contributed by atoms with Gasteiger partial charge >= 0.3 is 0 Å². The molecule has 0 atom stereocenters. The van der Waals surface area contributed by atoms with Gasteiger partial charge in [0.15, 0.2) is 0 Å². The Hall–Kier alpha value is -0.910. The molecule has 0 aromatic heterocycles. The summed E-state index contributed by atoms with van der Waals surface area (Å²) >= 11 is 3.41. The second-order valence-corrected chi connectivity index (χ2v) is 5.66. The van der Waals surface area contributed by atoms with Crippen LogP contribution in [0.15, 0.2) is 22.7 Å². The number of hydrazine groups is 1. The summed E-state index contributed by atoms with van der Waals surface area (Å²) in [7, 11) is 2.09. The molecule has 2 rings (SSSR count). The van der Waals surface area contributed by atoms with Crippen LogP contribution in [0.2, 0.25) is 0 Å². The lowest BCUT2D eigenvalue weighted by atomic mass is 10.1. The summed E-state index contributed by atoms with van der Waals surface area (Å²) in [6, 6.07) is 5.74. The molecule has 98 valence electrons. The summed E-state index contributed by atoms with van der Waals surface area (Å²) in [4.78, 5) is 14.4. The summed E-state index contributed by atoms with van der Waals surface area (Å²) in [6.45, 7) is 5.69. The number of nitrogens with one attached hydrogen (secondary N) is 1. The maximum absolute atomic E-state index is 12.1. The largest absolute Gasteiger partial charge is 0.304 e. The summed E-state index contributed by atoms with van der Waals surface area (Å²) in [6.07, 6.45) is 0. The minimum absolute atomic E-state index is 0.0380. The average Bonchev–Trinajstić information content (AvgIpc) is 2.31. The number of likely N-dealkylation sites (N-methyl/N-ethyl adjacent to an activating group) is 1. The van der Waals surface area contributed by atoms with Crippen LogP contribution in [-0.2, 0) is 0 Å². The van der Waals surface area contributed by atoms with Crippen LogP contribution in [0.25, 0.3) is 0 Å². The molecule has 5 heteroatoms. The molecule has 0 radical (unpaired) electrons. The zero-order chi connectivity index (χ0) is 13.1. The van der Waals surface area contributed by atoms with Crippen molar-refractivity contribution >= 4 is 21.8 Å². The topological polar surface area (TPSA) is 35.6 Å². The Bertz CT molecular complexity index is 422. The van der Waals surface area contributed by atoms with E-state index in [1.807, 2.05) is 30.1 Å². The van der Waals surface area contributed by atoms with E-state index in [-0.39, 0.29) is 5.91 Å². The number of hydrogen-bond donors (Lipinski definition) is 1. The molecule has 0 unspecified atom stereocenters. The Kier molecular flexibility index (Phi) is 4.37. The molecule has 1 aliphatic rings. The maximum Gasteiger partial charge on any atom is 0.265 e. The van der Waals surface area contributed by atoms with Crippen molar-refractivity contribution in [3.05, 3.63) is 33.8 Å². The van der Waals surface area contributed by atoms with Crippen molar-refractivity contribution in [3.63, 3.8) is 0 Å². The molecular weight excluding hydrogens is 294 g/mol. The molecule has 1 heterocycles. The molecule has 1 saturated heterocycles. The predicted molar refractivity (Wildman–Crippen MR) is 75.4 cm³/mol. The van der Waals surface area contributed by atoms with Gasteiger partial charge in [-0.3, -0.25) is 10.2 Å². The van der Waals surface area contributed by atoms with Gasteiger partial charge in [0.05, 0.1) is 0 Å². The number of hydrogen-bond acceptors (Lipinski definition) is 3. The van der Waals surface area contributed by atoms with E-state index >= 15 is 0 Å². The van der Waals surface area contributed by atoms with E-state index < -0.39 is 0 Å². The average molecular weight is 312 g/mol. The highest BCUT2D eigenvalue weighted by molar-refractivity contribution is 9.10. The third kappa shape index (κ3) is 3.54. The van der Waals surface area contributed by atoms with Gasteiger partial charge in [0, 0.05) is 36.2 Å². The maximum atomic E-state index is 12.1. The van der Waals surface area contributed by atoms with Crippen LogP contribution in [0.4, 0.5) is 0 Å². The number of carbonyl (C=O) groups excluding carboxylic acids is 1. The zero-order valence-corrected chi connectivity index (χ0v) is 12.3. The Morgan fingerprint density at radius 3 is 2.50 bits per heavy atom. The number of benzene rings is 1. The molecule has 1 fully saturated rings. The Morgan fingerprint density at radius 1 is 1.22 bits per heavy atom. The van der Waals surface area contributed by atoms with Crippen molar-refractivity contribution in [3.8, 4) is 0 Å². The number of piperazine rings is 1. The number of halogens is 1. The highest BCUT2D eigenvalue weighted by Crippen LogP contribution is 2.15. The molecule has 0 bridgehead atoms. The highest BCUT2D eigenvalue weighted by Gasteiger charge is 2.16. The monoisotopic (exact) mass is 311 g/mol. The summed E-state index contributed by atoms with van der Waals surface area (Å²) in [5.41, 5.74) is 4.73. The SMILES string of the molecule is Cc1cc(Br)cc(C(=O)NN2CCN(C)CC2)c1. The fraction of sp³-hybridized carbons (Fsp3) is 0.462. The number of rotatable bonds is 2. The standard InChI is InChI=1S/C13H18BrN3O/c1-10-7-11(9-12(14)8-10)13(18)15-17-5-3-16(2)4-6-17/h7-9H,3-6H2,1-2H3,(H,15,18). The lowest BCUT2D eigenvalue weighted by molar-refractivity contribution is 0.0662. The fourth-order valence-electron chi connectivity index (χ4n) is 1.99. The first-order valence-electron chi connectivity index (χ1n) is 6.06. The van der Waals surface area contributed by atoms with E-state index in [9.17, 15) is 4.79 Å². The van der Waals surface area contributed by atoms with Crippen molar-refractivity contribution in [1.82, 2.24) is 15.3 Å². The van der Waals surface area contributed by atoms with Crippen LogP contribution in [0, 0.1) is 6.92 Å². The van der Waals surface area contributed by atoms with Crippen molar-refractivity contribution in [2.75, 3.05) is 33.2 Å². The normalized spacial score (nSPS) is 17.7. The first-order chi connectivity index (χ1) is 8.54. The quantitative estimate of drug-likeness (QED) is 0.902. The van der Waals surface area contributed by atoms with Gasteiger partial charge in [-0.2, -0.15) is 0 Å². The number of aryl methyl sites for hydroxylation is 1. The lowest BCUT2D eigenvalue weighted by Gasteiger charge is -2.32. The molecule has 1 aromatic carbocycles. The lowest BCUT2D eigenvalue weighted by Crippen LogP contribution is -2.52. The van der Waals surface area contributed by atoms with Gasteiger partial charge in [0.2, 0.25) is 0 Å². The third-order valence-electron chi connectivity index (χ3n) is 3.07.